The maximum atomic E-state index is 12.3. The number of carbonyl (C=O) groups is 1. The van der Waals surface area contributed by atoms with Gasteiger partial charge in [-0.05, 0) is 30.7 Å². The van der Waals surface area contributed by atoms with Gasteiger partial charge in [0.2, 0.25) is 0 Å². The summed E-state index contributed by atoms with van der Waals surface area (Å²) in [6.07, 6.45) is -12.3. The van der Waals surface area contributed by atoms with Crippen LogP contribution in [0.15, 0.2) is 30.3 Å². The standard InChI is InChI=1S/C21H28O12/c1-9-14(24)17(27)19(33-13(23)7-4-10-2-5-11(22)6-3-10)21(31-9)30-8-12-15(25)16(26)18(28)20(29)32-12/h2-7,9,12,14-22,24-29H,8H2,1H3/b7-4+/t9-,12+,14-,15+,16-,17+,18+,19+,20+,21+/m0/s1. The fourth-order valence-electron chi connectivity index (χ4n) is 3.44. The molecule has 0 unspecified atom stereocenters. The largest absolute Gasteiger partial charge is 0.508 e. The zero-order valence-electron chi connectivity index (χ0n) is 17.6. The van der Waals surface area contributed by atoms with Crippen molar-refractivity contribution in [2.24, 2.45) is 0 Å². The average Bonchev–Trinajstić information content (AvgIpc) is 2.79. The summed E-state index contributed by atoms with van der Waals surface area (Å²) < 4.78 is 21.2. The first kappa shape index (κ1) is 25.5. The second-order valence-electron chi connectivity index (χ2n) is 7.89. The third-order valence-electron chi connectivity index (χ3n) is 5.45. The molecule has 0 spiro atoms. The molecule has 0 radical (unpaired) electrons. The van der Waals surface area contributed by atoms with Crippen LogP contribution in [0.2, 0.25) is 0 Å². The van der Waals surface area contributed by atoms with Crippen LogP contribution < -0.4 is 0 Å². The van der Waals surface area contributed by atoms with Gasteiger partial charge in [-0.2, -0.15) is 0 Å². The van der Waals surface area contributed by atoms with E-state index in [1.165, 1.54) is 25.1 Å². The Kier molecular flexibility index (Phi) is 8.39. The van der Waals surface area contributed by atoms with Gasteiger partial charge in [-0.3, -0.25) is 0 Å². The molecule has 0 aromatic heterocycles. The van der Waals surface area contributed by atoms with Crippen LogP contribution in [-0.4, -0.2) is 110 Å². The lowest BCUT2D eigenvalue weighted by atomic mass is 9.98. The topological polar surface area (TPSA) is 196 Å². The van der Waals surface area contributed by atoms with Crippen molar-refractivity contribution < 1.29 is 59.5 Å². The fraction of sp³-hybridized carbons (Fsp3) is 0.571. The van der Waals surface area contributed by atoms with Gasteiger partial charge in [0.15, 0.2) is 18.7 Å². The number of carbonyl (C=O) groups excluding carboxylic acids is 1. The van der Waals surface area contributed by atoms with Gasteiger partial charge in [0.1, 0.15) is 42.4 Å². The summed E-state index contributed by atoms with van der Waals surface area (Å²) in [5.74, 6) is -0.823. The Labute approximate surface area is 188 Å². The smallest absolute Gasteiger partial charge is 0.331 e. The van der Waals surface area contributed by atoms with E-state index in [9.17, 15) is 40.5 Å². The van der Waals surface area contributed by atoms with Crippen molar-refractivity contribution in [3.8, 4) is 5.75 Å². The van der Waals surface area contributed by atoms with Crippen molar-refractivity contribution in [1.82, 2.24) is 0 Å². The number of esters is 1. The number of phenolic OH excluding ortho intramolecular Hbond substituents is 1. The highest BCUT2D eigenvalue weighted by molar-refractivity contribution is 5.87. The molecule has 0 saturated carbocycles. The first-order chi connectivity index (χ1) is 15.6. The lowest BCUT2D eigenvalue weighted by Gasteiger charge is -2.42. The van der Waals surface area contributed by atoms with Crippen LogP contribution >= 0.6 is 0 Å². The molecular formula is C21H28O12. The molecule has 10 atom stereocenters. The van der Waals surface area contributed by atoms with Gasteiger partial charge in [-0.25, -0.2) is 4.79 Å². The molecule has 33 heavy (non-hydrogen) atoms. The molecule has 12 nitrogen and oxygen atoms in total. The van der Waals surface area contributed by atoms with Gasteiger partial charge in [0, 0.05) is 6.08 Å². The Hall–Kier alpha value is -2.13. The van der Waals surface area contributed by atoms with Crippen molar-refractivity contribution in [2.45, 2.75) is 68.3 Å². The van der Waals surface area contributed by atoms with Crippen LogP contribution in [-0.2, 0) is 23.7 Å². The number of hydrogen-bond donors (Lipinski definition) is 7. The number of rotatable bonds is 6. The molecular weight excluding hydrogens is 444 g/mol. The maximum Gasteiger partial charge on any atom is 0.331 e. The summed E-state index contributed by atoms with van der Waals surface area (Å²) in [5.41, 5.74) is 0.592. The molecule has 184 valence electrons. The third-order valence-corrected chi connectivity index (χ3v) is 5.45. The van der Waals surface area contributed by atoms with Crippen LogP contribution in [0.4, 0.5) is 0 Å². The quantitative estimate of drug-likeness (QED) is 0.172. The predicted molar refractivity (Wildman–Crippen MR) is 108 cm³/mol. The van der Waals surface area contributed by atoms with E-state index in [1.807, 2.05) is 0 Å². The summed E-state index contributed by atoms with van der Waals surface area (Å²) in [5, 5.41) is 68.9. The van der Waals surface area contributed by atoms with Gasteiger partial charge < -0.3 is 54.7 Å². The van der Waals surface area contributed by atoms with Crippen molar-refractivity contribution in [3.05, 3.63) is 35.9 Å². The summed E-state index contributed by atoms with van der Waals surface area (Å²) >= 11 is 0. The number of phenols is 1. The van der Waals surface area contributed by atoms with Crippen LogP contribution in [0.5, 0.6) is 5.75 Å². The Morgan fingerprint density at radius 3 is 2.27 bits per heavy atom. The molecule has 7 N–H and O–H groups in total. The highest BCUT2D eigenvalue weighted by atomic mass is 16.7. The molecule has 3 rings (SSSR count). The zero-order chi connectivity index (χ0) is 24.3. The number of benzene rings is 1. The molecule has 1 aromatic rings. The van der Waals surface area contributed by atoms with E-state index in [4.69, 9.17) is 18.9 Å². The fourth-order valence-corrected chi connectivity index (χ4v) is 3.44. The van der Waals surface area contributed by atoms with Gasteiger partial charge in [-0.1, -0.05) is 12.1 Å². The number of hydrogen-bond acceptors (Lipinski definition) is 12. The number of ether oxygens (including phenoxy) is 4. The van der Waals surface area contributed by atoms with Gasteiger partial charge in [0.25, 0.3) is 0 Å². The molecule has 1 aromatic carbocycles. The van der Waals surface area contributed by atoms with Crippen LogP contribution in [0, 0.1) is 0 Å². The SMILES string of the molecule is C[C@@H]1O[C@@H](OC[C@H]2O[C@@H](O)[C@H](O)[C@@H](O)[C@@H]2O)[C@H](OC(=O)/C=C/c2ccc(O)cc2)[C@H](O)[C@H]1O. The van der Waals surface area contributed by atoms with Gasteiger partial charge in [-0.15, -0.1) is 0 Å². The Morgan fingerprint density at radius 1 is 0.939 bits per heavy atom. The summed E-state index contributed by atoms with van der Waals surface area (Å²) in [4.78, 5) is 12.3. The van der Waals surface area contributed by atoms with Gasteiger partial charge >= 0.3 is 5.97 Å². The van der Waals surface area contributed by atoms with E-state index in [2.05, 4.69) is 0 Å². The molecule has 2 aliphatic rings. The maximum absolute atomic E-state index is 12.3. The normalized spacial score (nSPS) is 39.5. The molecule has 0 bridgehead atoms. The lowest BCUT2D eigenvalue weighted by molar-refractivity contribution is -0.322. The van der Waals surface area contributed by atoms with E-state index >= 15 is 0 Å². The molecule has 2 aliphatic heterocycles. The van der Waals surface area contributed by atoms with Crippen LogP contribution in [0.25, 0.3) is 6.08 Å². The Morgan fingerprint density at radius 2 is 1.61 bits per heavy atom. The van der Waals surface area contributed by atoms with E-state index < -0.39 is 74.0 Å². The van der Waals surface area contributed by atoms with Crippen LogP contribution in [0.1, 0.15) is 12.5 Å². The van der Waals surface area contributed by atoms with E-state index in [-0.39, 0.29) is 5.75 Å². The molecule has 2 saturated heterocycles. The molecule has 2 heterocycles. The lowest BCUT2D eigenvalue weighted by Crippen LogP contribution is -2.61. The highest BCUT2D eigenvalue weighted by Gasteiger charge is 2.47. The van der Waals surface area contributed by atoms with E-state index in [0.29, 0.717) is 5.56 Å². The number of aromatic hydroxyl groups is 1. The monoisotopic (exact) mass is 472 g/mol. The van der Waals surface area contributed by atoms with Crippen LogP contribution in [0.3, 0.4) is 0 Å². The summed E-state index contributed by atoms with van der Waals surface area (Å²) in [6, 6.07) is 5.98. The predicted octanol–water partition coefficient (Wildman–Crippen LogP) is -2.40. The minimum atomic E-state index is -1.77. The number of aliphatic hydroxyl groups excluding tert-OH is 6. The van der Waals surface area contributed by atoms with Gasteiger partial charge in [0.05, 0.1) is 12.7 Å². The highest BCUT2D eigenvalue weighted by Crippen LogP contribution is 2.27. The minimum absolute atomic E-state index is 0.0573. The molecule has 0 aliphatic carbocycles. The second kappa shape index (κ2) is 10.9. The minimum Gasteiger partial charge on any atom is -0.508 e. The Balaban J connectivity index is 1.65. The average molecular weight is 472 g/mol. The summed E-state index contributed by atoms with van der Waals surface area (Å²) in [7, 11) is 0. The summed E-state index contributed by atoms with van der Waals surface area (Å²) in [6.45, 7) is 0.989. The Bertz CT molecular complexity index is 814. The first-order valence-electron chi connectivity index (χ1n) is 10.3. The zero-order valence-corrected chi connectivity index (χ0v) is 17.6. The third kappa shape index (κ3) is 6.06. The van der Waals surface area contributed by atoms with Crippen molar-refractivity contribution in [3.63, 3.8) is 0 Å². The molecule has 12 heteroatoms. The molecule has 0 amide bonds. The van der Waals surface area contributed by atoms with Crippen molar-refractivity contribution >= 4 is 12.0 Å². The van der Waals surface area contributed by atoms with Crippen molar-refractivity contribution in [1.29, 1.82) is 0 Å². The first-order valence-corrected chi connectivity index (χ1v) is 10.3. The second-order valence-corrected chi connectivity index (χ2v) is 7.89. The molecule has 2 fully saturated rings. The van der Waals surface area contributed by atoms with Crippen molar-refractivity contribution in [2.75, 3.05) is 6.61 Å². The van der Waals surface area contributed by atoms with E-state index in [1.54, 1.807) is 12.1 Å². The van der Waals surface area contributed by atoms with E-state index in [0.717, 1.165) is 6.08 Å². The number of aliphatic hydroxyl groups is 6.